The summed E-state index contributed by atoms with van der Waals surface area (Å²) in [6.07, 6.45) is 2.13. The van der Waals surface area contributed by atoms with Gasteiger partial charge in [-0.2, -0.15) is 0 Å². The highest BCUT2D eigenvalue weighted by Gasteiger charge is 2.19. The molecule has 2 aromatic carbocycles. The minimum absolute atomic E-state index is 0.0641. The van der Waals surface area contributed by atoms with E-state index in [1.807, 2.05) is 23.1 Å². The van der Waals surface area contributed by atoms with E-state index in [2.05, 4.69) is 10.5 Å². The topological polar surface area (TPSA) is 75.4 Å². The molecule has 0 radical (unpaired) electrons. The highest BCUT2D eigenvalue weighted by Crippen LogP contribution is 2.23. The van der Waals surface area contributed by atoms with Crippen LogP contribution in [0.1, 0.15) is 39.3 Å². The van der Waals surface area contributed by atoms with E-state index < -0.39 is 0 Å². The molecule has 0 aliphatic carbocycles. The Morgan fingerprint density at radius 2 is 1.83 bits per heavy atom. The number of hydrogen-bond acceptors (Lipinski definition) is 4. The number of amides is 2. The maximum Gasteiger partial charge on any atom is 0.273 e. The van der Waals surface area contributed by atoms with Crippen molar-refractivity contribution in [1.29, 1.82) is 0 Å². The molecular formula is C22H20ClN3O3. The zero-order chi connectivity index (χ0) is 20.2. The van der Waals surface area contributed by atoms with Crippen molar-refractivity contribution in [2.75, 3.05) is 13.1 Å². The molecule has 1 aromatic heterocycles. The highest BCUT2D eigenvalue weighted by atomic mass is 35.5. The lowest BCUT2D eigenvalue weighted by Gasteiger charge is -2.15. The van der Waals surface area contributed by atoms with Gasteiger partial charge in [0, 0.05) is 41.9 Å². The second-order valence-corrected chi connectivity index (χ2v) is 7.40. The summed E-state index contributed by atoms with van der Waals surface area (Å²) in [5.74, 6) is 0.205. The molecule has 0 saturated carbocycles. The number of aromatic nitrogens is 1. The van der Waals surface area contributed by atoms with Crippen LogP contribution in [0, 0.1) is 0 Å². The van der Waals surface area contributed by atoms with Gasteiger partial charge in [-0.1, -0.05) is 41.0 Å². The molecule has 4 rings (SSSR count). The molecular weight excluding hydrogens is 390 g/mol. The number of carbonyl (C=O) groups is 2. The van der Waals surface area contributed by atoms with Crippen molar-refractivity contribution in [3.63, 3.8) is 0 Å². The molecule has 0 unspecified atom stereocenters. The van der Waals surface area contributed by atoms with Crippen molar-refractivity contribution < 1.29 is 14.1 Å². The molecule has 1 N–H and O–H groups in total. The van der Waals surface area contributed by atoms with Crippen molar-refractivity contribution in [1.82, 2.24) is 15.4 Å². The number of nitrogens with one attached hydrogen (secondary N) is 1. The van der Waals surface area contributed by atoms with Crippen LogP contribution in [0.5, 0.6) is 0 Å². The fourth-order valence-corrected chi connectivity index (χ4v) is 3.49. The number of nitrogens with zero attached hydrogens (tertiary/aromatic N) is 2. The summed E-state index contributed by atoms with van der Waals surface area (Å²) in [6.45, 7) is 1.98. The summed E-state index contributed by atoms with van der Waals surface area (Å²) in [5.41, 5.74) is 2.52. The second kappa shape index (κ2) is 8.49. The summed E-state index contributed by atoms with van der Waals surface area (Å²) < 4.78 is 5.26. The lowest BCUT2D eigenvalue weighted by Crippen LogP contribution is -2.27. The predicted octanol–water partition coefficient (Wildman–Crippen LogP) is 4.16. The van der Waals surface area contributed by atoms with Gasteiger partial charge >= 0.3 is 0 Å². The van der Waals surface area contributed by atoms with E-state index >= 15 is 0 Å². The van der Waals surface area contributed by atoms with Crippen LogP contribution in [-0.2, 0) is 6.54 Å². The summed E-state index contributed by atoms with van der Waals surface area (Å²) >= 11 is 5.98. The van der Waals surface area contributed by atoms with E-state index in [0.717, 1.165) is 37.1 Å². The molecule has 0 bridgehead atoms. The van der Waals surface area contributed by atoms with Crippen LogP contribution < -0.4 is 5.32 Å². The Hall–Kier alpha value is -3.12. The van der Waals surface area contributed by atoms with Crippen LogP contribution in [0.25, 0.3) is 11.3 Å². The van der Waals surface area contributed by atoms with Gasteiger partial charge in [-0.05, 0) is 42.7 Å². The Bertz CT molecular complexity index is 1020. The van der Waals surface area contributed by atoms with E-state index in [0.29, 0.717) is 22.9 Å². The van der Waals surface area contributed by atoms with E-state index in [4.69, 9.17) is 16.1 Å². The highest BCUT2D eigenvalue weighted by molar-refractivity contribution is 6.30. The van der Waals surface area contributed by atoms with Crippen molar-refractivity contribution in [2.45, 2.75) is 19.4 Å². The van der Waals surface area contributed by atoms with Crippen molar-refractivity contribution in [3.8, 4) is 11.3 Å². The van der Waals surface area contributed by atoms with Crippen LogP contribution in [-0.4, -0.2) is 35.0 Å². The molecule has 1 fully saturated rings. The van der Waals surface area contributed by atoms with E-state index in [1.165, 1.54) is 0 Å². The number of carbonyl (C=O) groups excluding carboxylic acids is 2. The fourth-order valence-electron chi connectivity index (χ4n) is 3.30. The maximum atomic E-state index is 12.4. The zero-order valence-electron chi connectivity index (χ0n) is 15.7. The number of likely N-dealkylation sites (tertiary alicyclic amines) is 1. The number of benzene rings is 2. The molecule has 1 aliphatic rings. The Balaban J connectivity index is 1.35. The van der Waals surface area contributed by atoms with Gasteiger partial charge in [0.25, 0.3) is 11.8 Å². The average molecular weight is 410 g/mol. The first-order valence-corrected chi connectivity index (χ1v) is 9.87. The molecule has 2 amide bonds. The van der Waals surface area contributed by atoms with Gasteiger partial charge in [0.1, 0.15) is 0 Å². The lowest BCUT2D eigenvalue weighted by molar-refractivity contribution is 0.0792. The molecule has 2 heterocycles. The summed E-state index contributed by atoms with van der Waals surface area (Å²) in [5, 5.41) is 7.23. The quantitative estimate of drug-likeness (QED) is 0.686. The summed E-state index contributed by atoms with van der Waals surface area (Å²) in [4.78, 5) is 26.6. The smallest absolute Gasteiger partial charge is 0.273 e. The van der Waals surface area contributed by atoms with E-state index in [-0.39, 0.29) is 17.5 Å². The third-order valence-corrected chi connectivity index (χ3v) is 5.13. The van der Waals surface area contributed by atoms with Gasteiger partial charge in [0.15, 0.2) is 11.5 Å². The van der Waals surface area contributed by atoms with Crippen molar-refractivity contribution >= 4 is 23.4 Å². The third kappa shape index (κ3) is 4.49. The predicted molar refractivity (Wildman–Crippen MR) is 110 cm³/mol. The second-order valence-electron chi connectivity index (χ2n) is 6.97. The molecule has 7 heteroatoms. The maximum absolute atomic E-state index is 12.4. The van der Waals surface area contributed by atoms with Crippen molar-refractivity contribution in [3.05, 3.63) is 76.4 Å². The molecule has 6 nitrogen and oxygen atoms in total. The molecule has 0 spiro atoms. The third-order valence-electron chi connectivity index (χ3n) is 4.90. The van der Waals surface area contributed by atoms with Gasteiger partial charge in [-0.3, -0.25) is 9.59 Å². The first-order valence-electron chi connectivity index (χ1n) is 9.49. The van der Waals surface area contributed by atoms with Crippen LogP contribution in [0.4, 0.5) is 0 Å². The Morgan fingerprint density at radius 3 is 2.55 bits per heavy atom. The Morgan fingerprint density at radius 1 is 1.07 bits per heavy atom. The van der Waals surface area contributed by atoms with Crippen LogP contribution >= 0.6 is 11.6 Å². The number of hydrogen-bond donors (Lipinski definition) is 1. The molecule has 3 aromatic rings. The van der Waals surface area contributed by atoms with Gasteiger partial charge in [-0.15, -0.1) is 0 Å². The molecule has 0 atom stereocenters. The first-order chi connectivity index (χ1) is 14.1. The minimum atomic E-state index is -0.334. The van der Waals surface area contributed by atoms with Crippen LogP contribution in [0.2, 0.25) is 5.02 Å². The monoisotopic (exact) mass is 409 g/mol. The van der Waals surface area contributed by atoms with Gasteiger partial charge in [-0.25, -0.2) is 0 Å². The van der Waals surface area contributed by atoms with Gasteiger partial charge < -0.3 is 14.7 Å². The largest absolute Gasteiger partial charge is 0.355 e. The standard InChI is InChI=1S/C22H20ClN3O3/c23-18-5-3-4-17(12-18)20-13-19(25-29-20)21(27)24-14-15-6-8-16(9-7-15)22(28)26-10-1-2-11-26/h3-9,12-13H,1-2,10-11,14H2,(H,24,27). The Kier molecular flexibility index (Phi) is 5.62. The van der Waals surface area contributed by atoms with Gasteiger partial charge in [0.2, 0.25) is 0 Å². The SMILES string of the molecule is O=C(NCc1ccc(C(=O)N2CCCC2)cc1)c1cc(-c2cccc(Cl)c2)on1. The average Bonchev–Trinajstić information content (AvgIpc) is 3.44. The Labute approximate surface area is 173 Å². The number of halogens is 1. The minimum Gasteiger partial charge on any atom is -0.355 e. The fraction of sp³-hybridized carbons (Fsp3) is 0.227. The van der Waals surface area contributed by atoms with E-state index in [1.54, 1.807) is 36.4 Å². The molecule has 29 heavy (non-hydrogen) atoms. The normalized spacial score (nSPS) is 13.5. The molecule has 148 valence electrons. The van der Waals surface area contributed by atoms with Crippen LogP contribution in [0.15, 0.2) is 59.1 Å². The van der Waals surface area contributed by atoms with Gasteiger partial charge in [0.05, 0.1) is 0 Å². The lowest BCUT2D eigenvalue weighted by atomic mass is 10.1. The number of rotatable bonds is 5. The zero-order valence-corrected chi connectivity index (χ0v) is 16.5. The van der Waals surface area contributed by atoms with Crippen molar-refractivity contribution in [2.24, 2.45) is 0 Å². The first kappa shape index (κ1) is 19.2. The molecule has 1 aliphatic heterocycles. The summed E-state index contributed by atoms with van der Waals surface area (Å²) in [7, 11) is 0. The van der Waals surface area contributed by atoms with Crippen LogP contribution in [0.3, 0.4) is 0 Å². The molecule has 1 saturated heterocycles. The van der Waals surface area contributed by atoms with E-state index in [9.17, 15) is 9.59 Å². The summed E-state index contributed by atoms with van der Waals surface area (Å²) in [6, 6.07) is 16.0.